The monoisotopic (exact) mass is 438 g/mol. The predicted octanol–water partition coefficient (Wildman–Crippen LogP) is 5.19. The van der Waals surface area contributed by atoms with E-state index in [1.165, 1.54) is 24.3 Å². The maximum atomic E-state index is 13.0. The van der Waals surface area contributed by atoms with Gasteiger partial charge in [0.1, 0.15) is 29.0 Å². The Kier molecular flexibility index (Phi) is 5.43. The molecule has 1 aromatic heterocycles. The van der Waals surface area contributed by atoms with Crippen molar-refractivity contribution in [3.05, 3.63) is 74.6 Å². The quantitative estimate of drug-likeness (QED) is 0.419. The van der Waals surface area contributed by atoms with E-state index in [0.29, 0.717) is 17.7 Å². The molecule has 29 heavy (non-hydrogen) atoms. The van der Waals surface area contributed by atoms with Crippen LogP contribution in [0.25, 0.3) is 5.69 Å². The van der Waals surface area contributed by atoms with Crippen LogP contribution in [-0.2, 0) is 6.18 Å². The number of nitrogen functional groups attached to an aromatic ring is 1. The van der Waals surface area contributed by atoms with Gasteiger partial charge in [0.2, 0.25) is 0 Å². The minimum absolute atomic E-state index is 0.0313. The standard InChI is InChI=1S/C19H8Cl2F4N4/c20-14-7-11(19(23,24)25)8-15(21)17(14)29-18(27)13(16(9-26)28-29)6-3-10-1-4-12(22)5-2-10/h1-2,4-5,7-8H,27H2. The van der Waals surface area contributed by atoms with E-state index in [2.05, 4.69) is 16.9 Å². The summed E-state index contributed by atoms with van der Waals surface area (Å²) in [7, 11) is 0. The Morgan fingerprint density at radius 2 is 1.62 bits per heavy atom. The van der Waals surface area contributed by atoms with Crippen molar-refractivity contribution < 1.29 is 17.6 Å². The molecule has 0 saturated carbocycles. The smallest absolute Gasteiger partial charge is 0.383 e. The van der Waals surface area contributed by atoms with E-state index in [0.717, 1.165) is 4.68 Å². The third-order valence-electron chi connectivity index (χ3n) is 3.76. The second kappa shape index (κ2) is 7.67. The molecule has 2 aromatic carbocycles. The zero-order valence-electron chi connectivity index (χ0n) is 14.2. The molecule has 0 radical (unpaired) electrons. The summed E-state index contributed by atoms with van der Waals surface area (Å²) in [5.41, 5.74) is 5.15. The van der Waals surface area contributed by atoms with Crippen LogP contribution in [0.2, 0.25) is 10.0 Å². The summed E-state index contributed by atoms with van der Waals surface area (Å²) in [6.07, 6.45) is -4.65. The topological polar surface area (TPSA) is 67.6 Å². The number of aromatic nitrogens is 2. The largest absolute Gasteiger partial charge is 0.416 e. The van der Waals surface area contributed by atoms with Crippen LogP contribution in [0.4, 0.5) is 23.4 Å². The van der Waals surface area contributed by atoms with Crippen LogP contribution in [0, 0.1) is 29.0 Å². The van der Waals surface area contributed by atoms with Crippen molar-refractivity contribution in [2.24, 2.45) is 0 Å². The van der Waals surface area contributed by atoms with Gasteiger partial charge in [-0.1, -0.05) is 35.0 Å². The number of rotatable bonds is 1. The van der Waals surface area contributed by atoms with Crippen molar-refractivity contribution >= 4 is 29.0 Å². The number of nitrogens with two attached hydrogens (primary N) is 1. The fraction of sp³-hybridized carbons (Fsp3) is 0.0526. The predicted molar refractivity (Wildman–Crippen MR) is 100 cm³/mol. The lowest BCUT2D eigenvalue weighted by Gasteiger charge is -2.13. The van der Waals surface area contributed by atoms with Gasteiger partial charge < -0.3 is 5.73 Å². The summed E-state index contributed by atoms with van der Waals surface area (Å²) in [6.45, 7) is 0. The molecule has 146 valence electrons. The number of hydrogen-bond acceptors (Lipinski definition) is 3. The second-order valence-electron chi connectivity index (χ2n) is 5.68. The van der Waals surface area contributed by atoms with Crippen molar-refractivity contribution in [3.63, 3.8) is 0 Å². The summed E-state index contributed by atoms with van der Waals surface area (Å²) in [5, 5.41) is 12.5. The minimum Gasteiger partial charge on any atom is -0.383 e. The van der Waals surface area contributed by atoms with Gasteiger partial charge in [-0.3, -0.25) is 0 Å². The summed E-state index contributed by atoms with van der Waals surface area (Å²) in [6, 6.07) is 8.45. The highest BCUT2D eigenvalue weighted by Crippen LogP contribution is 2.38. The highest BCUT2D eigenvalue weighted by molar-refractivity contribution is 6.38. The summed E-state index contributed by atoms with van der Waals surface area (Å²) < 4.78 is 52.7. The third-order valence-corrected chi connectivity index (χ3v) is 4.34. The number of benzene rings is 2. The van der Waals surface area contributed by atoms with Crippen LogP contribution in [0.15, 0.2) is 36.4 Å². The van der Waals surface area contributed by atoms with E-state index in [-0.39, 0.29) is 32.8 Å². The highest BCUT2D eigenvalue weighted by atomic mass is 35.5. The van der Waals surface area contributed by atoms with E-state index < -0.39 is 17.6 Å². The molecule has 0 atom stereocenters. The number of anilines is 1. The number of halogens is 6. The molecule has 2 N–H and O–H groups in total. The molecule has 4 nitrogen and oxygen atoms in total. The molecule has 0 aliphatic rings. The highest BCUT2D eigenvalue weighted by Gasteiger charge is 2.32. The van der Waals surface area contributed by atoms with Gasteiger partial charge in [0.05, 0.1) is 15.6 Å². The van der Waals surface area contributed by atoms with E-state index in [4.69, 9.17) is 28.9 Å². The average molecular weight is 439 g/mol. The molecule has 0 amide bonds. The van der Waals surface area contributed by atoms with Crippen molar-refractivity contribution in [2.45, 2.75) is 6.18 Å². The Morgan fingerprint density at radius 3 is 2.14 bits per heavy atom. The van der Waals surface area contributed by atoms with Gasteiger partial charge in [-0.05, 0) is 36.4 Å². The van der Waals surface area contributed by atoms with E-state index in [1.54, 1.807) is 6.07 Å². The summed E-state index contributed by atoms with van der Waals surface area (Å²) >= 11 is 12.0. The van der Waals surface area contributed by atoms with Crippen molar-refractivity contribution in [2.75, 3.05) is 5.73 Å². The van der Waals surface area contributed by atoms with Gasteiger partial charge in [0.15, 0.2) is 5.69 Å². The molecule has 0 unspecified atom stereocenters. The number of alkyl halides is 3. The van der Waals surface area contributed by atoms with Gasteiger partial charge in [0, 0.05) is 5.56 Å². The van der Waals surface area contributed by atoms with Gasteiger partial charge >= 0.3 is 6.18 Å². The van der Waals surface area contributed by atoms with Gasteiger partial charge in [-0.15, -0.1) is 0 Å². The van der Waals surface area contributed by atoms with Crippen molar-refractivity contribution in [1.29, 1.82) is 5.26 Å². The third kappa shape index (κ3) is 4.14. The summed E-state index contributed by atoms with van der Waals surface area (Å²) in [5.74, 6) is 4.80. The average Bonchev–Trinajstić information content (AvgIpc) is 2.95. The van der Waals surface area contributed by atoms with Crippen LogP contribution >= 0.6 is 23.2 Å². The van der Waals surface area contributed by atoms with Crippen LogP contribution in [0.5, 0.6) is 0 Å². The molecular weight excluding hydrogens is 431 g/mol. The first kappa shape index (κ1) is 20.5. The van der Waals surface area contributed by atoms with Crippen molar-refractivity contribution in [3.8, 4) is 23.6 Å². The van der Waals surface area contributed by atoms with Crippen LogP contribution in [0.3, 0.4) is 0 Å². The maximum Gasteiger partial charge on any atom is 0.416 e. The molecule has 1 heterocycles. The van der Waals surface area contributed by atoms with E-state index >= 15 is 0 Å². The fourth-order valence-corrected chi connectivity index (χ4v) is 3.05. The van der Waals surface area contributed by atoms with Gasteiger partial charge in [-0.2, -0.15) is 23.5 Å². The lowest BCUT2D eigenvalue weighted by molar-refractivity contribution is -0.137. The molecule has 0 spiro atoms. The summed E-state index contributed by atoms with van der Waals surface area (Å²) in [4.78, 5) is 0. The molecular formula is C19H8Cl2F4N4. The first-order valence-electron chi connectivity index (χ1n) is 7.74. The molecule has 3 rings (SSSR count). The first-order valence-corrected chi connectivity index (χ1v) is 8.50. The molecule has 0 bridgehead atoms. The number of nitriles is 1. The Morgan fingerprint density at radius 1 is 1.03 bits per heavy atom. The molecule has 0 saturated heterocycles. The van der Waals surface area contributed by atoms with E-state index in [9.17, 15) is 22.8 Å². The van der Waals surface area contributed by atoms with Crippen LogP contribution in [-0.4, -0.2) is 9.78 Å². The molecule has 0 fully saturated rings. The number of nitrogens with zero attached hydrogens (tertiary/aromatic N) is 3. The molecule has 0 aliphatic heterocycles. The van der Waals surface area contributed by atoms with Crippen LogP contribution < -0.4 is 5.73 Å². The number of hydrogen-bond donors (Lipinski definition) is 1. The second-order valence-corrected chi connectivity index (χ2v) is 6.49. The normalized spacial score (nSPS) is 10.9. The molecule has 0 aliphatic carbocycles. The first-order chi connectivity index (χ1) is 13.6. The van der Waals surface area contributed by atoms with Gasteiger partial charge in [-0.25, -0.2) is 9.07 Å². The Labute approximate surface area is 172 Å². The Balaban J connectivity index is 2.13. The van der Waals surface area contributed by atoms with E-state index in [1.807, 2.05) is 0 Å². The Hall–Kier alpha value is -3.20. The minimum atomic E-state index is -4.65. The molecule has 3 aromatic rings. The Bertz CT molecular complexity index is 1170. The molecule has 10 heteroatoms. The fourth-order valence-electron chi connectivity index (χ4n) is 2.40. The van der Waals surface area contributed by atoms with Crippen LogP contribution in [0.1, 0.15) is 22.4 Å². The van der Waals surface area contributed by atoms with Crippen molar-refractivity contribution in [1.82, 2.24) is 9.78 Å². The maximum absolute atomic E-state index is 13.0. The SMILES string of the molecule is N#Cc1nn(-c2c(Cl)cc(C(F)(F)F)cc2Cl)c(N)c1C#Cc1ccc(F)cc1. The van der Waals surface area contributed by atoms with Gasteiger partial charge in [0.25, 0.3) is 0 Å². The zero-order valence-corrected chi connectivity index (χ0v) is 15.7. The lowest BCUT2D eigenvalue weighted by Crippen LogP contribution is -2.08. The zero-order chi connectivity index (χ0) is 21.3. The lowest BCUT2D eigenvalue weighted by atomic mass is 10.2.